The van der Waals surface area contributed by atoms with Gasteiger partial charge in [0.1, 0.15) is 0 Å². The summed E-state index contributed by atoms with van der Waals surface area (Å²) in [7, 11) is 0. The smallest absolute Gasteiger partial charge is 0.291 e. The molecule has 1 saturated heterocycles. The minimum absolute atomic E-state index is 0.0640. The summed E-state index contributed by atoms with van der Waals surface area (Å²) in [6.45, 7) is 5.06. The van der Waals surface area contributed by atoms with Crippen LogP contribution >= 0.6 is 0 Å². The van der Waals surface area contributed by atoms with Crippen LogP contribution in [-0.4, -0.2) is 42.0 Å². The Morgan fingerprint density at radius 2 is 2.05 bits per heavy atom. The Hall–Kier alpha value is -2.14. The maximum absolute atomic E-state index is 12.6. The van der Waals surface area contributed by atoms with Gasteiger partial charge in [0.2, 0.25) is 11.7 Å². The van der Waals surface area contributed by atoms with Crippen molar-refractivity contribution in [1.82, 2.24) is 15.2 Å². The van der Waals surface area contributed by atoms with E-state index in [0.29, 0.717) is 23.9 Å². The average Bonchev–Trinajstić information content (AvgIpc) is 2.74. The number of aryl methyl sites for hydroxylation is 1. The van der Waals surface area contributed by atoms with Crippen LogP contribution < -0.4 is 5.32 Å². The lowest BCUT2D eigenvalue weighted by Crippen LogP contribution is -2.34. The van der Waals surface area contributed by atoms with Crippen molar-refractivity contribution in [3.63, 3.8) is 0 Å². The van der Waals surface area contributed by atoms with E-state index in [0.717, 1.165) is 31.6 Å². The third kappa shape index (κ3) is 2.97. The molecule has 5 heteroatoms. The first-order valence-corrected chi connectivity index (χ1v) is 7.28. The van der Waals surface area contributed by atoms with Gasteiger partial charge in [0, 0.05) is 25.2 Å². The van der Waals surface area contributed by atoms with E-state index in [1.807, 2.05) is 42.2 Å². The molecule has 0 unspecified atom stereocenters. The Balaban J connectivity index is 1.85. The van der Waals surface area contributed by atoms with Crippen molar-refractivity contribution in [3.8, 4) is 11.5 Å². The second-order valence-corrected chi connectivity index (χ2v) is 5.20. The highest BCUT2D eigenvalue weighted by Gasteiger charge is 2.24. The number of nitrogens with zero attached hydrogens (tertiary/aromatic N) is 2. The molecule has 110 valence electrons. The average molecular weight is 285 g/mol. The second kappa shape index (κ2) is 6.10. The molecule has 1 aliphatic rings. The molecule has 1 aromatic carbocycles. The summed E-state index contributed by atoms with van der Waals surface area (Å²) in [6.07, 6.45) is 0.963. The number of oxazole rings is 1. The van der Waals surface area contributed by atoms with E-state index in [2.05, 4.69) is 10.3 Å². The maximum atomic E-state index is 12.6. The number of hydrogen-bond acceptors (Lipinski definition) is 4. The molecule has 0 aliphatic carbocycles. The zero-order valence-corrected chi connectivity index (χ0v) is 12.1. The zero-order chi connectivity index (χ0) is 14.7. The predicted octanol–water partition coefficient (Wildman–Crippen LogP) is 2.09. The lowest BCUT2D eigenvalue weighted by molar-refractivity contribution is 0.0734. The number of hydrogen-bond donors (Lipinski definition) is 1. The first-order valence-electron chi connectivity index (χ1n) is 7.28. The van der Waals surface area contributed by atoms with Gasteiger partial charge in [0.25, 0.3) is 5.91 Å². The molecule has 0 atom stereocenters. The molecule has 0 saturated carbocycles. The molecule has 2 heterocycles. The van der Waals surface area contributed by atoms with Gasteiger partial charge in [-0.2, -0.15) is 0 Å². The van der Waals surface area contributed by atoms with Crippen molar-refractivity contribution < 1.29 is 9.21 Å². The van der Waals surface area contributed by atoms with Crippen molar-refractivity contribution in [1.29, 1.82) is 0 Å². The lowest BCUT2D eigenvalue weighted by atomic mass is 10.2. The molecular weight excluding hydrogens is 266 g/mol. The third-order valence-electron chi connectivity index (χ3n) is 3.64. The van der Waals surface area contributed by atoms with Gasteiger partial charge in [-0.15, -0.1) is 0 Å². The fraction of sp³-hybridized carbons (Fsp3) is 0.375. The van der Waals surface area contributed by atoms with Crippen molar-refractivity contribution in [2.24, 2.45) is 0 Å². The number of carbonyl (C=O) groups excluding carboxylic acids is 1. The summed E-state index contributed by atoms with van der Waals surface area (Å²) in [5.41, 5.74) is 1.54. The molecule has 2 aromatic rings. The monoisotopic (exact) mass is 285 g/mol. The van der Waals surface area contributed by atoms with Gasteiger partial charge in [-0.1, -0.05) is 18.2 Å². The molecule has 1 fully saturated rings. The third-order valence-corrected chi connectivity index (χ3v) is 3.64. The van der Waals surface area contributed by atoms with Gasteiger partial charge in [-0.25, -0.2) is 4.98 Å². The summed E-state index contributed by atoms with van der Waals surface area (Å²) in [6, 6.07) is 9.65. The summed E-state index contributed by atoms with van der Waals surface area (Å²) in [5, 5.41) is 3.29. The molecule has 5 nitrogen and oxygen atoms in total. The SMILES string of the molecule is Cc1nc(-c2ccccc2)oc1C(=O)N1CCCNCC1. The van der Waals surface area contributed by atoms with Crippen molar-refractivity contribution in [2.75, 3.05) is 26.2 Å². The normalized spacial score (nSPS) is 15.8. The van der Waals surface area contributed by atoms with E-state index in [1.165, 1.54) is 0 Å². The minimum atomic E-state index is -0.0640. The highest BCUT2D eigenvalue weighted by Crippen LogP contribution is 2.22. The Morgan fingerprint density at radius 3 is 2.86 bits per heavy atom. The molecule has 1 aliphatic heterocycles. The molecule has 1 N–H and O–H groups in total. The number of carbonyl (C=O) groups is 1. The number of benzene rings is 1. The fourth-order valence-electron chi connectivity index (χ4n) is 2.49. The molecule has 0 bridgehead atoms. The van der Waals surface area contributed by atoms with E-state index in [1.54, 1.807) is 0 Å². The van der Waals surface area contributed by atoms with E-state index in [-0.39, 0.29) is 5.91 Å². The second-order valence-electron chi connectivity index (χ2n) is 5.20. The van der Waals surface area contributed by atoms with Gasteiger partial charge >= 0.3 is 0 Å². The van der Waals surface area contributed by atoms with Gasteiger partial charge in [0.15, 0.2) is 0 Å². The maximum Gasteiger partial charge on any atom is 0.291 e. The minimum Gasteiger partial charge on any atom is -0.431 e. The van der Waals surface area contributed by atoms with Gasteiger partial charge in [-0.3, -0.25) is 4.79 Å². The molecule has 3 rings (SSSR count). The van der Waals surface area contributed by atoms with Gasteiger partial charge < -0.3 is 14.6 Å². The van der Waals surface area contributed by atoms with Crippen molar-refractivity contribution in [3.05, 3.63) is 41.8 Å². The summed E-state index contributed by atoms with van der Waals surface area (Å²) < 4.78 is 5.73. The van der Waals surface area contributed by atoms with E-state index >= 15 is 0 Å². The quantitative estimate of drug-likeness (QED) is 0.918. The fourth-order valence-corrected chi connectivity index (χ4v) is 2.49. The van der Waals surface area contributed by atoms with Crippen LogP contribution in [0.15, 0.2) is 34.7 Å². The van der Waals surface area contributed by atoms with Crippen LogP contribution in [0.4, 0.5) is 0 Å². The van der Waals surface area contributed by atoms with Gasteiger partial charge in [0.05, 0.1) is 5.69 Å². The Morgan fingerprint density at radius 1 is 1.24 bits per heavy atom. The predicted molar refractivity (Wildman–Crippen MR) is 80.1 cm³/mol. The van der Waals surface area contributed by atoms with E-state index in [9.17, 15) is 4.79 Å². The highest BCUT2D eigenvalue weighted by atomic mass is 16.4. The van der Waals surface area contributed by atoms with Crippen LogP contribution in [0.25, 0.3) is 11.5 Å². The van der Waals surface area contributed by atoms with Crippen LogP contribution in [-0.2, 0) is 0 Å². The number of aromatic nitrogens is 1. The molecule has 0 radical (unpaired) electrons. The van der Waals surface area contributed by atoms with Crippen LogP contribution in [0.1, 0.15) is 22.7 Å². The largest absolute Gasteiger partial charge is 0.431 e. The van der Waals surface area contributed by atoms with Crippen LogP contribution in [0.2, 0.25) is 0 Å². The Bertz CT molecular complexity index is 614. The highest BCUT2D eigenvalue weighted by molar-refractivity contribution is 5.92. The molecule has 0 spiro atoms. The number of rotatable bonds is 2. The van der Waals surface area contributed by atoms with Crippen molar-refractivity contribution >= 4 is 5.91 Å². The molecule has 1 amide bonds. The Kier molecular flexibility index (Phi) is 4.01. The first-order chi connectivity index (χ1) is 10.3. The van der Waals surface area contributed by atoms with Gasteiger partial charge in [-0.05, 0) is 32.0 Å². The first kappa shape index (κ1) is 13.8. The summed E-state index contributed by atoms with van der Waals surface area (Å²) >= 11 is 0. The topological polar surface area (TPSA) is 58.4 Å². The number of amides is 1. The summed E-state index contributed by atoms with van der Waals surface area (Å²) in [4.78, 5) is 18.8. The number of nitrogens with one attached hydrogen (secondary N) is 1. The van der Waals surface area contributed by atoms with Crippen molar-refractivity contribution in [2.45, 2.75) is 13.3 Å². The zero-order valence-electron chi connectivity index (χ0n) is 12.1. The lowest BCUT2D eigenvalue weighted by Gasteiger charge is -2.18. The molecular formula is C16H19N3O2. The Labute approximate surface area is 124 Å². The van der Waals surface area contributed by atoms with Crippen LogP contribution in [0, 0.1) is 6.92 Å². The molecule has 21 heavy (non-hydrogen) atoms. The molecule has 1 aromatic heterocycles. The van der Waals surface area contributed by atoms with Crippen LogP contribution in [0.5, 0.6) is 0 Å². The van der Waals surface area contributed by atoms with E-state index < -0.39 is 0 Å². The summed E-state index contributed by atoms with van der Waals surface area (Å²) in [5.74, 6) is 0.797. The standard InChI is InChI=1S/C16H19N3O2/c1-12-14(16(20)19-10-5-8-17-9-11-19)21-15(18-12)13-6-3-2-4-7-13/h2-4,6-7,17H,5,8-11H2,1H3. The van der Waals surface area contributed by atoms with E-state index in [4.69, 9.17) is 4.42 Å². The van der Waals surface area contributed by atoms with Crippen LogP contribution in [0.3, 0.4) is 0 Å².